The average molecular weight is 357 g/mol. The van der Waals surface area contributed by atoms with Crippen LogP contribution in [0.4, 0.5) is 0 Å². The van der Waals surface area contributed by atoms with Crippen molar-refractivity contribution in [3.8, 4) is 0 Å². The number of hydrogen-bond acceptors (Lipinski definition) is 1. The molecule has 17 heavy (non-hydrogen) atoms. The number of rotatable bonds is 2. The fourth-order valence-corrected chi connectivity index (χ4v) is 5.67. The van der Waals surface area contributed by atoms with E-state index in [0.29, 0.717) is 12.0 Å². The summed E-state index contributed by atoms with van der Waals surface area (Å²) < 4.78 is 23.7. The molecule has 2 aromatic rings. The van der Waals surface area contributed by atoms with E-state index in [0.717, 1.165) is 5.56 Å². The molecule has 4 heteroatoms. The van der Waals surface area contributed by atoms with Gasteiger partial charge in [0.15, 0.2) is 0 Å². The maximum absolute atomic E-state index is 12.4. The summed E-state index contributed by atoms with van der Waals surface area (Å²) in [6.45, 7) is 1.95. The van der Waals surface area contributed by atoms with E-state index >= 15 is 0 Å². The summed E-state index contributed by atoms with van der Waals surface area (Å²) >= 11 is 1.27. The number of hydrogen-bond donors (Lipinski definition) is 1. The standard InChI is InChI=1S/C7H7.C6H4Cl.H2O.O.Sb/c1-7-5-3-2-4-6-7;7-6-4-2-1-3-5-6;;;/h3-6H,1H3;2-5H;1H2;;/q;;;;+1/p-1. The summed E-state index contributed by atoms with van der Waals surface area (Å²) in [4.78, 5) is 0. The number of halogens is 1. The second-order valence-corrected chi connectivity index (χ2v) is 10.6. The van der Waals surface area contributed by atoms with E-state index in [4.69, 9.17) is 11.6 Å². The first-order valence-corrected chi connectivity index (χ1v) is 10.3. The molecule has 0 saturated carbocycles. The minimum atomic E-state index is -4.50. The van der Waals surface area contributed by atoms with Crippen molar-refractivity contribution in [2.45, 2.75) is 6.92 Å². The third-order valence-electron chi connectivity index (χ3n) is 2.56. The molecular weight excluding hydrogens is 345 g/mol. The van der Waals surface area contributed by atoms with Crippen molar-refractivity contribution in [1.29, 1.82) is 0 Å². The van der Waals surface area contributed by atoms with E-state index in [-0.39, 0.29) is 0 Å². The Labute approximate surface area is 110 Å². The third-order valence-corrected chi connectivity index (χ3v) is 8.51. The van der Waals surface area contributed by atoms with Crippen LogP contribution in [-0.2, 0) is 3.02 Å². The van der Waals surface area contributed by atoms with Gasteiger partial charge in [-0.25, -0.2) is 0 Å². The second kappa shape index (κ2) is 4.89. The molecule has 0 bridgehead atoms. The topological polar surface area (TPSA) is 37.3 Å². The van der Waals surface area contributed by atoms with Gasteiger partial charge in [-0.3, -0.25) is 0 Å². The molecule has 0 aliphatic heterocycles. The zero-order valence-corrected chi connectivity index (χ0v) is 12.6. The Hall–Kier alpha value is -0.692. The van der Waals surface area contributed by atoms with Gasteiger partial charge in [-0.1, -0.05) is 0 Å². The third kappa shape index (κ3) is 2.77. The average Bonchev–Trinajstić information content (AvgIpc) is 2.30. The molecule has 2 aromatic carbocycles. The summed E-state index contributed by atoms with van der Waals surface area (Å²) in [6.07, 6.45) is 0. The summed E-state index contributed by atoms with van der Waals surface area (Å²) in [5.41, 5.74) is 1.07. The van der Waals surface area contributed by atoms with Gasteiger partial charge in [0.2, 0.25) is 0 Å². The van der Waals surface area contributed by atoms with Crippen molar-refractivity contribution >= 4 is 37.8 Å². The molecule has 0 aromatic heterocycles. The molecule has 0 spiro atoms. The predicted octanol–water partition coefficient (Wildman–Crippen LogP) is 1.63. The van der Waals surface area contributed by atoms with Crippen LogP contribution in [0.3, 0.4) is 0 Å². The minimum absolute atomic E-state index is 0.483. The zero-order chi connectivity index (χ0) is 12.5. The Bertz CT molecular complexity index is 511. The molecule has 0 amide bonds. The van der Waals surface area contributed by atoms with Crippen LogP contribution in [0.25, 0.3) is 0 Å². The summed E-state index contributed by atoms with van der Waals surface area (Å²) in [7, 11) is 0. The Morgan fingerprint density at radius 2 is 1.35 bits per heavy atom. The van der Waals surface area contributed by atoms with Gasteiger partial charge in [-0.15, -0.1) is 0 Å². The van der Waals surface area contributed by atoms with Crippen LogP contribution >= 0.6 is 11.6 Å². The molecular formula is C13H12ClO2Sb. The first-order chi connectivity index (χ1) is 8.00. The van der Waals surface area contributed by atoms with Gasteiger partial charge in [-0.2, -0.15) is 0 Å². The summed E-state index contributed by atoms with van der Waals surface area (Å²) in [5, 5.41) is 0.568. The van der Waals surface area contributed by atoms with Crippen molar-refractivity contribution in [1.82, 2.24) is 0 Å². The molecule has 0 aliphatic rings. The molecule has 0 radical (unpaired) electrons. The first-order valence-electron chi connectivity index (χ1n) is 5.16. The monoisotopic (exact) mass is 356 g/mol. The van der Waals surface area contributed by atoms with E-state index in [9.17, 15) is 6.40 Å². The van der Waals surface area contributed by atoms with Gasteiger partial charge in [0, 0.05) is 0 Å². The summed E-state index contributed by atoms with van der Waals surface area (Å²) in [5.74, 6) is 0. The van der Waals surface area contributed by atoms with E-state index in [1.54, 1.807) is 36.4 Å². The van der Waals surface area contributed by atoms with Crippen molar-refractivity contribution < 1.29 is 6.40 Å². The van der Waals surface area contributed by atoms with Crippen molar-refractivity contribution in [2.24, 2.45) is 0 Å². The zero-order valence-electron chi connectivity index (χ0n) is 9.30. The molecule has 0 aliphatic carbocycles. The fourth-order valence-electron chi connectivity index (χ4n) is 1.54. The predicted molar refractivity (Wildman–Crippen MR) is 70.6 cm³/mol. The Balaban J connectivity index is 2.45. The fraction of sp³-hybridized carbons (Fsp3) is 0.0769. The van der Waals surface area contributed by atoms with Crippen LogP contribution in [0.15, 0.2) is 48.5 Å². The van der Waals surface area contributed by atoms with Crippen molar-refractivity contribution in [3.63, 3.8) is 0 Å². The normalized spacial score (nSPS) is 14.3. The molecule has 0 heterocycles. The Morgan fingerprint density at radius 1 is 0.941 bits per heavy atom. The van der Waals surface area contributed by atoms with E-state index in [1.807, 2.05) is 19.1 Å². The van der Waals surface area contributed by atoms with Crippen LogP contribution in [0.5, 0.6) is 0 Å². The molecule has 2 nitrogen and oxygen atoms in total. The molecule has 0 saturated heterocycles. The van der Waals surface area contributed by atoms with E-state index < -0.39 is 19.2 Å². The maximum atomic E-state index is 12.4. The molecule has 0 fully saturated rings. The van der Waals surface area contributed by atoms with Gasteiger partial charge in [0.05, 0.1) is 0 Å². The van der Waals surface area contributed by atoms with E-state index in [1.165, 1.54) is 0 Å². The second-order valence-electron chi connectivity index (χ2n) is 3.89. The van der Waals surface area contributed by atoms with Crippen LogP contribution in [0.2, 0.25) is 5.02 Å². The number of benzene rings is 2. The van der Waals surface area contributed by atoms with Crippen LogP contribution in [-0.4, -0.2) is 22.6 Å². The molecule has 1 unspecified atom stereocenters. The molecule has 88 valence electrons. The van der Waals surface area contributed by atoms with Gasteiger partial charge >= 0.3 is 110 Å². The van der Waals surface area contributed by atoms with Crippen molar-refractivity contribution in [3.05, 3.63) is 59.1 Å². The summed E-state index contributed by atoms with van der Waals surface area (Å²) in [6, 6.07) is 13.7. The van der Waals surface area contributed by atoms with Crippen LogP contribution in [0, 0.1) is 6.92 Å². The molecule has 1 N–H and O–H groups in total. The molecule has 1 atom stereocenters. The Kier molecular flexibility index (Phi) is 3.67. The van der Waals surface area contributed by atoms with Crippen LogP contribution < -0.4 is 7.02 Å². The molecule has 2 rings (SSSR count). The van der Waals surface area contributed by atoms with Gasteiger partial charge < -0.3 is 0 Å². The van der Waals surface area contributed by atoms with Gasteiger partial charge in [0.25, 0.3) is 0 Å². The van der Waals surface area contributed by atoms with Crippen LogP contribution in [0.1, 0.15) is 5.56 Å². The number of aryl methyl sites for hydroxylation is 1. The van der Waals surface area contributed by atoms with Gasteiger partial charge in [-0.05, 0) is 0 Å². The van der Waals surface area contributed by atoms with Gasteiger partial charge in [0.1, 0.15) is 0 Å². The van der Waals surface area contributed by atoms with E-state index in [2.05, 4.69) is 0 Å². The van der Waals surface area contributed by atoms with Crippen molar-refractivity contribution in [2.75, 3.05) is 0 Å². The Morgan fingerprint density at radius 3 is 1.82 bits per heavy atom. The SMILES string of the molecule is Cc1cc[c]([Sb](=[O])([OH])[c]2ccc(Cl)cc2)cc1. The first kappa shape index (κ1) is 12.8. The quantitative estimate of drug-likeness (QED) is 0.830.